The van der Waals surface area contributed by atoms with E-state index in [9.17, 15) is 4.79 Å². The van der Waals surface area contributed by atoms with Gasteiger partial charge >= 0.3 is 5.97 Å². The van der Waals surface area contributed by atoms with Gasteiger partial charge in [-0.15, -0.1) is 0 Å². The number of allylic oxidation sites excluding steroid dienone is 1. The largest absolute Gasteiger partial charge is 0.466 e. The van der Waals surface area contributed by atoms with E-state index in [1.165, 1.54) is 44.1 Å². The summed E-state index contributed by atoms with van der Waals surface area (Å²) >= 11 is 0. The zero-order valence-electron chi connectivity index (χ0n) is 11.0. The van der Waals surface area contributed by atoms with Crippen LogP contribution in [0.5, 0.6) is 0 Å². The van der Waals surface area contributed by atoms with Crippen molar-refractivity contribution < 1.29 is 9.53 Å². The molecule has 0 radical (unpaired) electrons. The third-order valence-electron chi connectivity index (χ3n) is 3.35. The van der Waals surface area contributed by atoms with Gasteiger partial charge in [0, 0.05) is 6.42 Å². The molecule has 0 aromatic heterocycles. The maximum atomic E-state index is 11.4. The van der Waals surface area contributed by atoms with Gasteiger partial charge in [-0.25, -0.2) is 0 Å². The molecule has 0 spiro atoms. The number of ether oxygens (including phenoxy) is 1. The Morgan fingerprint density at radius 1 is 0.765 bits per heavy atom. The topological polar surface area (TPSA) is 26.3 Å². The molecule has 17 heavy (non-hydrogen) atoms. The van der Waals surface area contributed by atoms with E-state index in [-0.39, 0.29) is 5.97 Å². The standard InChI is InChI=1S/C15H26O2/c1-14-10-7-5-3-2-4-6-8-12-15(16)17-13-9-11-14/h1-13H2. The number of carbonyl (C=O) groups is 1. The Morgan fingerprint density at radius 2 is 1.29 bits per heavy atom. The van der Waals surface area contributed by atoms with Crippen LogP contribution >= 0.6 is 0 Å². The summed E-state index contributed by atoms with van der Waals surface area (Å²) in [5.74, 6) is -0.0227. The Bertz CT molecular complexity index is 209. The first-order chi connectivity index (χ1) is 8.29. The molecule has 1 aliphatic rings. The number of cyclic esters (lactones) is 1. The summed E-state index contributed by atoms with van der Waals surface area (Å²) in [6.45, 7) is 4.65. The smallest absolute Gasteiger partial charge is 0.305 e. The molecule has 0 unspecified atom stereocenters. The number of hydrogen-bond acceptors (Lipinski definition) is 2. The molecular weight excluding hydrogens is 212 g/mol. The molecule has 1 saturated heterocycles. The van der Waals surface area contributed by atoms with E-state index in [4.69, 9.17) is 4.74 Å². The van der Waals surface area contributed by atoms with Gasteiger partial charge in [0.25, 0.3) is 0 Å². The van der Waals surface area contributed by atoms with Crippen LogP contribution in [-0.4, -0.2) is 12.6 Å². The Balaban J connectivity index is 2.24. The molecule has 1 heterocycles. The summed E-state index contributed by atoms with van der Waals surface area (Å²) in [5.41, 5.74) is 1.32. The fourth-order valence-electron chi connectivity index (χ4n) is 2.23. The van der Waals surface area contributed by atoms with Gasteiger partial charge in [0.05, 0.1) is 6.61 Å². The van der Waals surface area contributed by atoms with Gasteiger partial charge in [0.2, 0.25) is 0 Å². The van der Waals surface area contributed by atoms with Crippen LogP contribution in [0.3, 0.4) is 0 Å². The third-order valence-corrected chi connectivity index (χ3v) is 3.35. The molecule has 0 N–H and O–H groups in total. The van der Waals surface area contributed by atoms with Crippen molar-refractivity contribution in [1.82, 2.24) is 0 Å². The first kappa shape index (κ1) is 14.3. The average molecular weight is 238 g/mol. The molecule has 0 aliphatic carbocycles. The van der Waals surface area contributed by atoms with Gasteiger partial charge in [-0.05, 0) is 32.1 Å². The monoisotopic (exact) mass is 238 g/mol. The van der Waals surface area contributed by atoms with Crippen molar-refractivity contribution in [3.63, 3.8) is 0 Å². The highest BCUT2D eigenvalue weighted by atomic mass is 16.5. The molecule has 1 fully saturated rings. The van der Waals surface area contributed by atoms with Crippen molar-refractivity contribution in [2.75, 3.05) is 6.61 Å². The van der Waals surface area contributed by atoms with E-state index >= 15 is 0 Å². The molecule has 0 aromatic rings. The fraction of sp³-hybridized carbons (Fsp3) is 0.800. The first-order valence-corrected chi connectivity index (χ1v) is 7.11. The summed E-state index contributed by atoms with van der Waals surface area (Å²) in [7, 11) is 0. The van der Waals surface area contributed by atoms with Crippen LogP contribution < -0.4 is 0 Å². The van der Waals surface area contributed by atoms with E-state index in [1.807, 2.05) is 0 Å². The van der Waals surface area contributed by atoms with Crippen LogP contribution in [0, 0.1) is 0 Å². The lowest BCUT2D eigenvalue weighted by Crippen LogP contribution is -2.05. The Labute approximate surface area is 105 Å². The minimum Gasteiger partial charge on any atom is -0.466 e. The normalized spacial score (nSPS) is 22.4. The predicted molar refractivity (Wildman–Crippen MR) is 70.9 cm³/mol. The second-order valence-electron chi connectivity index (χ2n) is 5.05. The van der Waals surface area contributed by atoms with Crippen LogP contribution in [0.15, 0.2) is 12.2 Å². The maximum absolute atomic E-state index is 11.4. The van der Waals surface area contributed by atoms with E-state index in [1.54, 1.807) is 0 Å². The number of hydrogen-bond donors (Lipinski definition) is 0. The fourth-order valence-corrected chi connectivity index (χ4v) is 2.23. The highest BCUT2D eigenvalue weighted by molar-refractivity contribution is 5.69. The number of carbonyl (C=O) groups excluding carboxylic acids is 1. The van der Waals surface area contributed by atoms with Crippen LogP contribution in [0.1, 0.15) is 70.6 Å². The Kier molecular flexibility index (Phi) is 7.78. The predicted octanol–water partition coefficient (Wildman–Crippen LogP) is 4.39. The Hall–Kier alpha value is -0.790. The highest BCUT2D eigenvalue weighted by Gasteiger charge is 2.04. The van der Waals surface area contributed by atoms with Crippen LogP contribution in [-0.2, 0) is 9.53 Å². The van der Waals surface area contributed by atoms with Gasteiger partial charge < -0.3 is 4.74 Å². The second-order valence-corrected chi connectivity index (χ2v) is 5.05. The van der Waals surface area contributed by atoms with Gasteiger partial charge in [-0.2, -0.15) is 0 Å². The molecule has 1 rings (SSSR count). The van der Waals surface area contributed by atoms with Crippen LogP contribution in [0.2, 0.25) is 0 Å². The minimum absolute atomic E-state index is 0.0227. The lowest BCUT2D eigenvalue weighted by Gasteiger charge is -2.06. The molecule has 0 saturated carbocycles. The number of esters is 1. The Morgan fingerprint density at radius 3 is 2.00 bits per heavy atom. The first-order valence-electron chi connectivity index (χ1n) is 7.11. The second kappa shape index (κ2) is 9.26. The summed E-state index contributed by atoms with van der Waals surface area (Å²) < 4.78 is 5.19. The highest BCUT2D eigenvalue weighted by Crippen LogP contribution is 2.15. The van der Waals surface area contributed by atoms with Crippen molar-refractivity contribution in [3.8, 4) is 0 Å². The van der Waals surface area contributed by atoms with E-state index in [0.29, 0.717) is 13.0 Å². The van der Waals surface area contributed by atoms with Crippen molar-refractivity contribution >= 4 is 5.97 Å². The van der Waals surface area contributed by atoms with Crippen molar-refractivity contribution in [2.24, 2.45) is 0 Å². The van der Waals surface area contributed by atoms with E-state index < -0.39 is 0 Å². The lowest BCUT2D eigenvalue weighted by molar-refractivity contribution is -0.143. The molecule has 1 aliphatic heterocycles. The molecule has 2 nitrogen and oxygen atoms in total. The van der Waals surface area contributed by atoms with Gasteiger partial charge in [0.15, 0.2) is 0 Å². The van der Waals surface area contributed by atoms with Gasteiger partial charge in [0.1, 0.15) is 0 Å². The SMILES string of the molecule is C=C1CCCCCCCCCC(=O)OCCC1. The van der Waals surface area contributed by atoms with Crippen molar-refractivity contribution in [2.45, 2.75) is 70.6 Å². The molecule has 0 atom stereocenters. The molecule has 0 bridgehead atoms. The quantitative estimate of drug-likeness (QED) is 0.462. The summed E-state index contributed by atoms with van der Waals surface area (Å²) in [6, 6.07) is 0. The zero-order valence-corrected chi connectivity index (χ0v) is 11.0. The van der Waals surface area contributed by atoms with Crippen LogP contribution in [0.25, 0.3) is 0 Å². The van der Waals surface area contributed by atoms with E-state index in [2.05, 4.69) is 6.58 Å². The van der Waals surface area contributed by atoms with E-state index in [0.717, 1.165) is 25.7 Å². The molecule has 2 heteroatoms. The summed E-state index contributed by atoms with van der Waals surface area (Å²) in [4.78, 5) is 11.4. The van der Waals surface area contributed by atoms with Gasteiger partial charge in [-0.1, -0.05) is 44.3 Å². The lowest BCUT2D eigenvalue weighted by atomic mass is 10.0. The summed E-state index contributed by atoms with van der Waals surface area (Å²) in [5, 5.41) is 0. The van der Waals surface area contributed by atoms with Gasteiger partial charge in [-0.3, -0.25) is 4.79 Å². The molecule has 98 valence electrons. The van der Waals surface area contributed by atoms with Crippen LogP contribution in [0.4, 0.5) is 0 Å². The van der Waals surface area contributed by atoms with Crippen molar-refractivity contribution in [3.05, 3.63) is 12.2 Å². The summed E-state index contributed by atoms with van der Waals surface area (Å²) in [6.07, 6.45) is 12.3. The minimum atomic E-state index is -0.0227. The number of rotatable bonds is 0. The third kappa shape index (κ3) is 8.00. The average Bonchev–Trinajstić information content (AvgIpc) is 2.32. The maximum Gasteiger partial charge on any atom is 0.305 e. The molecule has 0 amide bonds. The molecular formula is C15H26O2. The zero-order chi connectivity index (χ0) is 12.3. The molecule has 0 aromatic carbocycles. The van der Waals surface area contributed by atoms with Crippen molar-refractivity contribution in [1.29, 1.82) is 0 Å².